The number of benzene rings is 1. The fraction of sp³-hybridized carbons (Fsp3) is 0.300. The molecule has 0 radical (unpaired) electrons. The fourth-order valence-corrected chi connectivity index (χ4v) is 1.24. The van der Waals surface area contributed by atoms with Gasteiger partial charge < -0.3 is 10.5 Å². The molecule has 0 spiro atoms. The molecule has 0 unspecified atom stereocenters. The maximum Gasteiger partial charge on any atom is 0.0750 e. The summed E-state index contributed by atoms with van der Waals surface area (Å²) >= 11 is 10.7. The van der Waals surface area contributed by atoms with E-state index >= 15 is 0 Å². The van der Waals surface area contributed by atoms with Crippen LogP contribution in [0.4, 0.5) is 0 Å². The first-order valence-corrected chi connectivity index (χ1v) is 5.08. The van der Waals surface area contributed by atoms with Gasteiger partial charge in [0.25, 0.3) is 0 Å². The third kappa shape index (κ3) is 4.05. The van der Waals surface area contributed by atoms with E-state index in [-0.39, 0.29) is 0 Å². The Labute approximate surface area is 94.0 Å². The van der Waals surface area contributed by atoms with E-state index in [4.69, 9.17) is 34.3 Å². The molecule has 1 rings (SSSR count). The van der Waals surface area contributed by atoms with Gasteiger partial charge in [0.05, 0.1) is 18.2 Å². The average molecular weight is 230 g/mol. The van der Waals surface area contributed by atoms with Crippen molar-refractivity contribution in [2.75, 3.05) is 6.61 Å². The Kier molecular flexibility index (Phi) is 4.87. The Bertz CT molecular complexity index is 317. The SMILES string of the molecule is NC(=S)CCOCc1ccccc1Cl. The number of hydrogen-bond donors (Lipinski definition) is 1. The zero-order chi connectivity index (χ0) is 10.4. The van der Waals surface area contributed by atoms with Crippen molar-refractivity contribution in [2.45, 2.75) is 13.0 Å². The monoisotopic (exact) mass is 229 g/mol. The Hall–Kier alpha value is -0.640. The van der Waals surface area contributed by atoms with Gasteiger partial charge in [-0.25, -0.2) is 0 Å². The van der Waals surface area contributed by atoms with Crippen LogP contribution in [0.25, 0.3) is 0 Å². The molecule has 0 aliphatic rings. The number of hydrogen-bond acceptors (Lipinski definition) is 2. The lowest BCUT2D eigenvalue weighted by atomic mass is 10.2. The Morgan fingerprint density at radius 1 is 1.43 bits per heavy atom. The van der Waals surface area contributed by atoms with Crippen LogP contribution in [0, 0.1) is 0 Å². The quantitative estimate of drug-likeness (QED) is 0.623. The molecule has 2 nitrogen and oxygen atoms in total. The molecule has 2 N–H and O–H groups in total. The average Bonchev–Trinajstić information content (AvgIpc) is 2.15. The van der Waals surface area contributed by atoms with E-state index < -0.39 is 0 Å². The molecule has 0 saturated heterocycles. The van der Waals surface area contributed by atoms with Gasteiger partial charge in [0.1, 0.15) is 0 Å². The molecule has 0 bridgehead atoms. The molecule has 76 valence electrons. The van der Waals surface area contributed by atoms with Gasteiger partial charge in [0.15, 0.2) is 0 Å². The van der Waals surface area contributed by atoms with E-state index in [0.29, 0.717) is 24.6 Å². The van der Waals surface area contributed by atoms with Crippen molar-refractivity contribution in [1.82, 2.24) is 0 Å². The van der Waals surface area contributed by atoms with Crippen LogP contribution < -0.4 is 5.73 Å². The van der Waals surface area contributed by atoms with Gasteiger partial charge >= 0.3 is 0 Å². The van der Waals surface area contributed by atoms with Crippen molar-refractivity contribution in [1.29, 1.82) is 0 Å². The maximum atomic E-state index is 5.94. The third-order valence-electron chi connectivity index (χ3n) is 1.71. The van der Waals surface area contributed by atoms with Crippen LogP contribution in [-0.4, -0.2) is 11.6 Å². The zero-order valence-corrected chi connectivity index (χ0v) is 9.27. The number of ether oxygens (including phenoxy) is 1. The van der Waals surface area contributed by atoms with E-state index in [1.54, 1.807) is 0 Å². The van der Waals surface area contributed by atoms with Crippen molar-refractivity contribution in [3.8, 4) is 0 Å². The van der Waals surface area contributed by atoms with Gasteiger partial charge in [0.2, 0.25) is 0 Å². The summed E-state index contributed by atoms with van der Waals surface area (Å²) in [7, 11) is 0. The highest BCUT2D eigenvalue weighted by Crippen LogP contribution is 2.15. The molecule has 4 heteroatoms. The lowest BCUT2D eigenvalue weighted by Gasteiger charge is -2.05. The molecule has 0 aliphatic carbocycles. The van der Waals surface area contributed by atoms with Crippen molar-refractivity contribution in [3.63, 3.8) is 0 Å². The minimum Gasteiger partial charge on any atom is -0.393 e. The zero-order valence-electron chi connectivity index (χ0n) is 7.70. The van der Waals surface area contributed by atoms with E-state index in [2.05, 4.69) is 0 Å². The molecule has 0 aliphatic heterocycles. The van der Waals surface area contributed by atoms with Gasteiger partial charge in [-0.1, -0.05) is 42.0 Å². The highest BCUT2D eigenvalue weighted by atomic mass is 35.5. The van der Waals surface area contributed by atoms with Crippen LogP contribution in [0.2, 0.25) is 5.02 Å². The van der Waals surface area contributed by atoms with E-state index in [9.17, 15) is 0 Å². The summed E-state index contributed by atoms with van der Waals surface area (Å²) in [5.41, 5.74) is 6.31. The molecule has 0 saturated carbocycles. The van der Waals surface area contributed by atoms with Crippen LogP contribution in [0.3, 0.4) is 0 Å². The van der Waals surface area contributed by atoms with Crippen molar-refractivity contribution in [3.05, 3.63) is 34.9 Å². The predicted molar refractivity (Wildman–Crippen MR) is 62.5 cm³/mol. The van der Waals surface area contributed by atoms with Crippen molar-refractivity contribution in [2.24, 2.45) is 5.73 Å². The number of thiocarbonyl (C=S) groups is 1. The van der Waals surface area contributed by atoms with Crippen molar-refractivity contribution >= 4 is 28.8 Å². The Balaban J connectivity index is 2.31. The largest absolute Gasteiger partial charge is 0.393 e. The second-order valence-corrected chi connectivity index (χ2v) is 3.79. The lowest BCUT2D eigenvalue weighted by molar-refractivity contribution is 0.128. The van der Waals surface area contributed by atoms with Gasteiger partial charge in [-0.15, -0.1) is 0 Å². The predicted octanol–water partition coefficient (Wildman–Crippen LogP) is 2.53. The Morgan fingerprint density at radius 3 is 2.79 bits per heavy atom. The molecule has 0 aromatic heterocycles. The minimum absolute atomic E-state index is 0.476. The highest BCUT2D eigenvalue weighted by molar-refractivity contribution is 7.80. The summed E-state index contributed by atoms with van der Waals surface area (Å²) in [6.45, 7) is 1.04. The molecule has 0 atom stereocenters. The second-order valence-electron chi connectivity index (χ2n) is 2.86. The first kappa shape index (κ1) is 11.4. The summed E-state index contributed by atoms with van der Waals surface area (Å²) in [5.74, 6) is 0. The molecule has 0 heterocycles. The summed E-state index contributed by atoms with van der Waals surface area (Å²) in [6, 6.07) is 7.59. The lowest BCUT2D eigenvalue weighted by Crippen LogP contribution is -2.11. The standard InChI is InChI=1S/C10H12ClNOS/c11-9-4-2-1-3-8(9)7-13-6-5-10(12)14/h1-4H,5-7H2,(H2,12,14). The van der Waals surface area contributed by atoms with Crippen LogP contribution in [-0.2, 0) is 11.3 Å². The molecular weight excluding hydrogens is 218 g/mol. The number of rotatable bonds is 5. The maximum absolute atomic E-state index is 5.94. The summed E-state index contributed by atoms with van der Waals surface area (Å²) in [5, 5.41) is 0.725. The molecule has 1 aromatic rings. The molecule has 1 aromatic carbocycles. The van der Waals surface area contributed by atoms with Crippen LogP contribution in [0.15, 0.2) is 24.3 Å². The normalized spacial score (nSPS) is 10.1. The van der Waals surface area contributed by atoms with Crippen molar-refractivity contribution < 1.29 is 4.74 Å². The van der Waals surface area contributed by atoms with Crippen LogP contribution in [0.1, 0.15) is 12.0 Å². The van der Waals surface area contributed by atoms with Gasteiger partial charge in [0, 0.05) is 11.4 Å². The van der Waals surface area contributed by atoms with Gasteiger partial charge in [-0.2, -0.15) is 0 Å². The fourth-order valence-electron chi connectivity index (χ4n) is 0.970. The smallest absolute Gasteiger partial charge is 0.0750 e. The summed E-state index contributed by atoms with van der Waals surface area (Å²) in [4.78, 5) is 0.476. The first-order valence-electron chi connectivity index (χ1n) is 4.29. The van der Waals surface area contributed by atoms with Gasteiger partial charge in [-0.05, 0) is 11.6 Å². The minimum atomic E-state index is 0.476. The van der Waals surface area contributed by atoms with Gasteiger partial charge in [-0.3, -0.25) is 0 Å². The van der Waals surface area contributed by atoms with E-state index in [0.717, 1.165) is 10.6 Å². The molecule has 0 amide bonds. The highest BCUT2D eigenvalue weighted by Gasteiger charge is 1.98. The summed E-state index contributed by atoms with van der Waals surface area (Å²) < 4.78 is 5.36. The number of nitrogens with two attached hydrogens (primary N) is 1. The van der Waals surface area contributed by atoms with Crippen LogP contribution >= 0.6 is 23.8 Å². The van der Waals surface area contributed by atoms with E-state index in [1.807, 2.05) is 24.3 Å². The molecular formula is C10H12ClNOS. The number of halogens is 1. The first-order chi connectivity index (χ1) is 6.70. The topological polar surface area (TPSA) is 35.2 Å². The Morgan fingerprint density at radius 2 is 2.14 bits per heavy atom. The second kappa shape index (κ2) is 5.96. The molecule has 14 heavy (non-hydrogen) atoms. The van der Waals surface area contributed by atoms with E-state index in [1.165, 1.54) is 0 Å². The molecule has 0 fully saturated rings. The van der Waals surface area contributed by atoms with Crippen LogP contribution in [0.5, 0.6) is 0 Å². The third-order valence-corrected chi connectivity index (χ3v) is 2.28. The summed E-state index contributed by atoms with van der Waals surface area (Å²) in [6.07, 6.45) is 0.611.